The lowest BCUT2D eigenvalue weighted by Crippen LogP contribution is -2.48. The van der Waals surface area contributed by atoms with Crippen LogP contribution in [-0.2, 0) is 6.18 Å². The fourth-order valence-electron chi connectivity index (χ4n) is 3.63. The number of ether oxygens (including phenoxy) is 1. The maximum Gasteiger partial charge on any atom is 0.416 e. The van der Waals surface area contributed by atoms with Crippen molar-refractivity contribution in [3.63, 3.8) is 0 Å². The second-order valence-corrected chi connectivity index (χ2v) is 7.62. The Morgan fingerprint density at radius 1 is 0.941 bits per heavy atom. The third-order valence-electron chi connectivity index (χ3n) is 5.42. The third kappa shape index (κ3) is 5.11. The molecule has 0 radical (unpaired) electrons. The molecule has 1 aliphatic rings. The number of benzene rings is 2. The highest BCUT2D eigenvalue weighted by Gasteiger charge is 2.31. The maximum absolute atomic E-state index is 13.1. The summed E-state index contributed by atoms with van der Waals surface area (Å²) < 4.78 is 44.8. The van der Waals surface area contributed by atoms with Gasteiger partial charge in [-0.2, -0.15) is 13.2 Å². The predicted octanol–water partition coefficient (Wildman–Crippen LogP) is 4.55. The molecule has 2 heterocycles. The number of carboxylic acid groups (broad SMARTS) is 1. The van der Waals surface area contributed by atoms with E-state index in [1.165, 1.54) is 36.5 Å². The van der Waals surface area contributed by atoms with Crippen molar-refractivity contribution in [3.8, 4) is 11.6 Å². The number of aromatic nitrogens is 1. The number of amides is 1. The number of hydrogen-bond donors (Lipinski definition) is 1. The van der Waals surface area contributed by atoms with Crippen molar-refractivity contribution in [1.29, 1.82) is 0 Å². The first kappa shape index (κ1) is 23.1. The first-order valence-electron chi connectivity index (χ1n) is 10.4. The van der Waals surface area contributed by atoms with E-state index in [2.05, 4.69) is 4.98 Å². The number of rotatable bonds is 5. The molecule has 1 fully saturated rings. The van der Waals surface area contributed by atoms with Crippen molar-refractivity contribution in [2.75, 3.05) is 31.1 Å². The Morgan fingerprint density at radius 2 is 1.65 bits per heavy atom. The molecule has 1 aromatic heterocycles. The molecule has 176 valence electrons. The van der Waals surface area contributed by atoms with E-state index >= 15 is 0 Å². The molecule has 0 saturated carbocycles. The zero-order valence-corrected chi connectivity index (χ0v) is 17.8. The number of carbonyl (C=O) groups is 2. The van der Waals surface area contributed by atoms with E-state index in [1.807, 2.05) is 4.90 Å². The van der Waals surface area contributed by atoms with Crippen LogP contribution in [-0.4, -0.2) is 53.0 Å². The first-order chi connectivity index (χ1) is 16.2. The van der Waals surface area contributed by atoms with Crippen molar-refractivity contribution in [2.45, 2.75) is 6.18 Å². The van der Waals surface area contributed by atoms with E-state index in [4.69, 9.17) is 9.84 Å². The van der Waals surface area contributed by atoms with E-state index in [0.717, 1.165) is 12.1 Å². The zero-order valence-electron chi connectivity index (χ0n) is 17.8. The Bertz CT molecular complexity index is 1190. The third-order valence-corrected chi connectivity index (χ3v) is 5.42. The van der Waals surface area contributed by atoms with Crippen LogP contribution in [0, 0.1) is 0 Å². The van der Waals surface area contributed by atoms with Gasteiger partial charge in [-0.3, -0.25) is 4.79 Å². The van der Waals surface area contributed by atoms with Gasteiger partial charge < -0.3 is 19.6 Å². The topological polar surface area (TPSA) is 83.0 Å². The number of nitrogens with zero attached hydrogens (tertiary/aromatic N) is 3. The number of aromatic carboxylic acids is 1. The Morgan fingerprint density at radius 3 is 2.29 bits per heavy atom. The molecule has 1 N–H and O–H groups in total. The van der Waals surface area contributed by atoms with Crippen LogP contribution in [0.3, 0.4) is 0 Å². The van der Waals surface area contributed by atoms with Gasteiger partial charge in [-0.05, 0) is 54.6 Å². The lowest BCUT2D eigenvalue weighted by molar-refractivity contribution is -0.137. The smallest absolute Gasteiger partial charge is 0.416 e. The standard InChI is InChI=1S/C24H20F3N3O4/c25-24(26,27)17-3-1-4-18(15-17)29-11-13-30(14-12-29)22(31)20-5-2-10-28-21(20)34-19-8-6-16(7-9-19)23(32)33/h1-10,15H,11-14H2,(H,32,33). The molecule has 1 saturated heterocycles. The predicted molar refractivity (Wildman–Crippen MR) is 117 cm³/mol. The molecule has 0 aliphatic carbocycles. The average molecular weight is 471 g/mol. The van der Waals surface area contributed by atoms with Crippen LogP contribution in [0.25, 0.3) is 0 Å². The van der Waals surface area contributed by atoms with Gasteiger partial charge in [0, 0.05) is 38.1 Å². The van der Waals surface area contributed by atoms with Gasteiger partial charge in [0.15, 0.2) is 0 Å². The van der Waals surface area contributed by atoms with E-state index in [-0.39, 0.29) is 22.9 Å². The van der Waals surface area contributed by atoms with Crippen molar-refractivity contribution >= 4 is 17.6 Å². The summed E-state index contributed by atoms with van der Waals surface area (Å²) in [4.78, 5) is 31.7. The van der Waals surface area contributed by atoms with Crippen molar-refractivity contribution < 1.29 is 32.6 Å². The second kappa shape index (κ2) is 9.42. The van der Waals surface area contributed by atoms with Gasteiger partial charge in [0.25, 0.3) is 5.91 Å². The summed E-state index contributed by atoms with van der Waals surface area (Å²) in [5.74, 6) is -0.971. The second-order valence-electron chi connectivity index (χ2n) is 7.62. The SMILES string of the molecule is O=C(O)c1ccc(Oc2ncccc2C(=O)N2CCN(c3cccc(C(F)(F)F)c3)CC2)cc1. The van der Waals surface area contributed by atoms with Gasteiger partial charge in [0.05, 0.1) is 11.1 Å². The molecule has 0 spiro atoms. The Hall–Kier alpha value is -4.08. The molecule has 3 aromatic rings. The molecule has 4 rings (SSSR count). The van der Waals surface area contributed by atoms with Crippen LogP contribution in [0.5, 0.6) is 11.6 Å². The summed E-state index contributed by atoms with van der Waals surface area (Å²) in [6.07, 6.45) is -2.94. The fourth-order valence-corrected chi connectivity index (χ4v) is 3.63. The highest BCUT2D eigenvalue weighted by atomic mass is 19.4. The van der Waals surface area contributed by atoms with Crippen LogP contribution in [0.4, 0.5) is 18.9 Å². The number of carbonyl (C=O) groups excluding carboxylic acids is 1. The largest absolute Gasteiger partial charge is 0.478 e. The van der Waals surface area contributed by atoms with Crippen LogP contribution in [0.1, 0.15) is 26.3 Å². The molecule has 10 heteroatoms. The number of pyridine rings is 1. The van der Waals surface area contributed by atoms with Crippen molar-refractivity contribution in [2.24, 2.45) is 0 Å². The molecule has 0 bridgehead atoms. The van der Waals surface area contributed by atoms with E-state index < -0.39 is 17.7 Å². The number of anilines is 1. The molecule has 34 heavy (non-hydrogen) atoms. The minimum absolute atomic E-state index is 0.0795. The molecule has 0 unspecified atom stereocenters. The van der Waals surface area contributed by atoms with Crippen molar-refractivity contribution in [1.82, 2.24) is 9.88 Å². The molecule has 1 aliphatic heterocycles. The monoisotopic (exact) mass is 471 g/mol. The number of hydrogen-bond acceptors (Lipinski definition) is 5. The Balaban J connectivity index is 1.44. The number of alkyl halides is 3. The summed E-state index contributed by atoms with van der Waals surface area (Å²) >= 11 is 0. The van der Waals surface area contributed by atoms with Crippen molar-refractivity contribution in [3.05, 3.63) is 83.6 Å². The van der Waals surface area contributed by atoms with Gasteiger partial charge >= 0.3 is 12.1 Å². The lowest BCUT2D eigenvalue weighted by atomic mass is 10.1. The van der Waals surface area contributed by atoms with Gasteiger partial charge in [-0.1, -0.05) is 6.07 Å². The highest BCUT2D eigenvalue weighted by Crippen LogP contribution is 2.32. The molecule has 0 atom stereocenters. The minimum atomic E-state index is -4.42. The van der Waals surface area contributed by atoms with Crippen LogP contribution >= 0.6 is 0 Å². The first-order valence-corrected chi connectivity index (χ1v) is 10.4. The van der Waals surface area contributed by atoms with Crippen LogP contribution < -0.4 is 9.64 Å². The average Bonchev–Trinajstić information content (AvgIpc) is 2.84. The van der Waals surface area contributed by atoms with Gasteiger partial charge in [-0.25, -0.2) is 9.78 Å². The highest BCUT2D eigenvalue weighted by molar-refractivity contribution is 5.96. The van der Waals surface area contributed by atoms with Gasteiger partial charge in [0.1, 0.15) is 11.3 Å². The molecule has 7 nitrogen and oxygen atoms in total. The lowest BCUT2D eigenvalue weighted by Gasteiger charge is -2.36. The number of piperazine rings is 1. The molecular weight excluding hydrogens is 451 g/mol. The summed E-state index contributed by atoms with van der Waals surface area (Å²) in [6.45, 7) is 1.38. The summed E-state index contributed by atoms with van der Waals surface area (Å²) in [6, 6.07) is 14.0. The number of carboxylic acids is 1. The Kier molecular flexibility index (Phi) is 6.40. The van der Waals surface area contributed by atoms with Crippen LogP contribution in [0.15, 0.2) is 66.9 Å². The molecule has 2 aromatic carbocycles. The molecule has 1 amide bonds. The van der Waals surface area contributed by atoms with Gasteiger partial charge in [-0.15, -0.1) is 0 Å². The van der Waals surface area contributed by atoms with E-state index in [1.54, 1.807) is 23.1 Å². The fraction of sp³-hybridized carbons (Fsp3) is 0.208. The van der Waals surface area contributed by atoms with Gasteiger partial charge in [0.2, 0.25) is 5.88 Å². The maximum atomic E-state index is 13.1. The summed E-state index contributed by atoms with van der Waals surface area (Å²) in [5, 5.41) is 9.01. The van der Waals surface area contributed by atoms with E-state index in [0.29, 0.717) is 37.6 Å². The van der Waals surface area contributed by atoms with Crippen LogP contribution in [0.2, 0.25) is 0 Å². The quantitative estimate of drug-likeness (QED) is 0.588. The minimum Gasteiger partial charge on any atom is -0.478 e. The normalized spacial score (nSPS) is 14.1. The summed E-state index contributed by atoms with van der Waals surface area (Å²) in [7, 11) is 0. The molecular formula is C24H20F3N3O4. The Labute approximate surface area is 193 Å². The van der Waals surface area contributed by atoms with E-state index in [9.17, 15) is 22.8 Å². The number of halogens is 3. The summed E-state index contributed by atoms with van der Waals surface area (Å²) in [5.41, 5.74) is 0.0785. The zero-order chi connectivity index (χ0) is 24.3.